The van der Waals surface area contributed by atoms with Crippen LogP contribution in [0.3, 0.4) is 0 Å². The fourth-order valence-electron chi connectivity index (χ4n) is 2.70. The number of aryl methyl sites for hydroxylation is 2. The van der Waals surface area contributed by atoms with Crippen molar-refractivity contribution in [3.8, 4) is 0 Å². The van der Waals surface area contributed by atoms with E-state index in [1.54, 1.807) is 11.9 Å². The second kappa shape index (κ2) is 4.66. The quantitative estimate of drug-likeness (QED) is 0.891. The number of rotatable bonds is 2. The maximum absolute atomic E-state index is 12.7. The van der Waals surface area contributed by atoms with Crippen molar-refractivity contribution in [3.05, 3.63) is 29.4 Å². The number of nitrogens with zero attached hydrogens (tertiary/aromatic N) is 4. The molecule has 106 valence electrons. The summed E-state index contributed by atoms with van der Waals surface area (Å²) in [5, 5.41) is 7.92. The van der Waals surface area contributed by atoms with Crippen molar-refractivity contribution in [1.29, 1.82) is 0 Å². The van der Waals surface area contributed by atoms with Gasteiger partial charge in [-0.3, -0.25) is 9.48 Å². The van der Waals surface area contributed by atoms with Crippen LogP contribution in [0, 0.1) is 6.92 Å². The Hall–Kier alpha value is -2.31. The molecule has 1 aliphatic heterocycles. The predicted molar refractivity (Wildman–Crippen MR) is 71.9 cm³/mol. The van der Waals surface area contributed by atoms with Crippen molar-refractivity contribution < 1.29 is 9.32 Å². The molecule has 20 heavy (non-hydrogen) atoms. The zero-order chi connectivity index (χ0) is 14.3. The van der Waals surface area contributed by atoms with E-state index in [-0.39, 0.29) is 11.9 Å². The van der Waals surface area contributed by atoms with Crippen molar-refractivity contribution in [3.63, 3.8) is 0 Å². The van der Waals surface area contributed by atoms with Crippen molar-refractivity contribution in [1.82, 2.24) is 19.8 Å². The highest BCUT2D eigenvalue weighted by Crippen LogP contribution is 2.33. The molecule has 1 fully saturated rings. The highest BCUT2D eigenvalue weighted by atomic mass is 16.5. The first-order chi connectivity index (χ1) is 9.58. The molecule has 0 bridgehead atoms. The third-order valence-corrected chi connectivity index (χ3v) is 3.66. The van der Waals surface area contributed by atoms with Crippen molar-refractivity contribution in [2.45, 2.75) is 25.8 Å². The lowest BCUT2D eigenvalue weighted by molar-refractivity contribution is 0.0704. The van der Waals surface area contributed by atoms with Gasteiger partial charge in [-0.25, -0.2) is 0 Å². The molecule has 0 radical (unpaired) electrons. The standard InChI is InChI=1S/C13H17N5O2/c1-8-6-11(20-16-8)10-4-3-5-18(10)13(19)12-9(14)7-15-17(12)2/h6-7,10H,3-5,14H2,1-2H3. The molecule has 1 unspecified atom stereocenters. The summed E-state index contributed by atoms with van der Waals surface area (Å²) in [7, 11) is 1.72. The number of nitrogen functional groups attached to an aromatic ring is 1. The summed E-state index contributed by atoms with van der Waals surface area (Å²) in [6, 6.07) is 1.81. The normalized spacial score (nSPS) is 18.7. The van der Waals surface area contributed by atoms with Gasteiger partial charge in [0.1, 0.15) is 5.69 Å². The van der Waals surface area contributed by atoms with Gasteiger partial charge in [0.25, 0.3) is 5.91 Å². The van der Waals surface area contributed by atoms with Crippen molar-refractivity contribution in [2.24, 2.45) is 7.05 Å². The SMILES string of the molecule is Cc1cc(C2CCCN2C(=O)c2c(N)cnn2C)on1. The van der Waals surface area contributed by atoms with E-state index >= 15 is 0 Å². The van der Waals surface area contributed by atoms with E-state index in [0.29, 0.717) is 17.9 Å². The summed E-state index contributed by atoms with van der Waals surface area (Å²) in [6.07, 6.45) is 3.31. The Balaban J connectivity index is 1.91. The van der Waals surface area contributed by atoms with Crippen LogP contribution in [0.5, 0.6) is 0 Å². The van der Waals surface area contributed by atoms with Gasteiger partial charge in [-0.1, -0.05) is 5.16 Å². The fraction of sp³-hybridized carbons (Fsp3) is 0.462. The molecule has 0 spiro atoms. The molecule has 0 aliphatic carbocycles. The molecule has 1 amide bonds. The van der Waals surface area contributed by atoms with Crippen LogP contribution < -0.4 is 5.73 Å². The monoisotopic (exact) mass is 275 g/mol. The molecule has 1 atom stereocenters. The molecule has 2 aromatic heterocycles. The maximum Gasteiger partial charge on any atom is 0.274 e. The number of likely N-dealkylation sites (tertiary alicyclic amines) is 1. The number of aromatic nitrogens is 3. The third kappa shape index (κ3) is 1.95. The first kappa shape index (κ1) is 12.7. The third-order valence-electron chi connectivity index (χ3n) is 3.66. The van der Waals surface area contributed by atoms with Gasteiger partial charge in [0.2, 0.25) is 0 Å². The lowest BCUT2D eigenvalue weighted by Gasteiger charge is -2.22. The summed E-state index contributed by atoms with van der Waals surface area (Å²) < 4.78 is 6.82. The summed E-state index contributed by atoms with van der Waals surface area (Å²) in [5.41, 5.74) is 7.47. The van der Waals surface area contributed by atoms with Gasteiger partial charge in [0, 0.05) is 19.7 Å². The van der Waals surface area contributed by atoms with Gasteiger partial charge in [-0.2, -0.15) is 5.10 Å². The van der Waals surface area contributed by atoms with Crippen LogP contribution in [-0.4, -0.2) is 32.3 Å². The molecule has 3 rings (SSSR count). The van der Waals surface area contributed by atoms with Gasteiger partial charge in [-0.05, 0) is 19.8 Å². The molecule has 7 heteroatoms. The Kier molecular flexibility index (Phi) is 2.96. The lowest BCUT2D eigenvalue weighted by Crippen LogP contribution is -2.32. The minimum atomic E-state index is -0.112. The Morgan fingerprint density at radius 2 is 2.35 bits per heavy atom. The van der Waals surface area contributed by atoms with Crippen LogP contribution in [-0.2, 0) is 7.05 Å². The second-order valence-electron chi connectivity index (χ2n) is 5.10. The lowest BCUT2D eigenvalue weighted by atomic mass is 10.1. The molecule has 1 aliphatic rings. The summed E-state index contributed by atoms with van der Waals surface area (Å²) in [5.74, 6) is 0.619. The van der Waals surface area contributed by atoms with Gasteiger partial charge in [0.05, 0.1) is 23.6 Å². The number of hydrogen-bond acceptors (Lipinski definition) is 5. The molecule has 0 saturated carbocycles. The summed E-state index contributed by atoms with van der Waals surface area (Å²) >= 11 is 0. The number of anilines is 1. The first-order valence-electron chi connectivity index (χ1n) is 6.59. The van der Waals surface area contributed by atoms with E-state index in [4.69, 9.17) is 10.3 Å². The van der Waals surface area contributed by atoms with Gasteiger partial charge >= 0.3 is 0 Å². The average molecular weight is 275 g/mol. The van der Waals surface area contributed by atoms with Crippen LogP contribution in [0.1, 0.15) is 40.8 Å². The van der Waals surface area contributed by atoms with Crippen molar-refractivity contribution in [2.75, 3.05) is 12.3 Å². The van der Waals surface area contributed by atoms with E-state index in [0.717, 1.165) is 24.3 Å². The number of nitrogens with two attached hydrogens (primary N) is 1. The van der Waals surface area contributed by atoms with Crippen LogP contribution in [0.25, 0.3) is 0 Å². The van der Waals surface area contributed by atoms with E-state index in [9.17, 15) is 4.79 Å². The second-order valence-corrected chi connectivity index (χ2v) is 5.10. The highest BCUT2D eigenvalue weighted by Gasteiger charge is 2.35. The van der Waals surface area contributed by atoms with Gasteiger partial charge in [0.15, 0.2) is 5.76 Å². The Morgan fingerprint density at radius 1 is 1.55 bits per heavy atom. The molecule has 2 N–H and O–H groups in total. The Bertz CT molecular complexity index is 625. The number of amides is 1. The summed E-state index contributed by atoms with van der Waals surface area (Å²) in [4.78, 5) is 14.4. The van der Waals surface area contributed by atoms with E-state index in [2.05, 4.69) is 10.3 Å². The molecular formula is C13H17N5O2. The van der Waals surface area contributed by atoms with E-state index in [1.165, 1.54) is 10.9 Å². The van der Waals surface area contributed by atoms with Crippen LogP contribution >= 0.6 is 0 Å². The molecule has 2 aromatic rings. The Morgan fingerprint density at radius 3 is 2.95 bits per heavy atom. The minimum absolute atomic E-state index is 0.0713. The van der Waals surface area contributed by atoms with Crippen molar-refractivity contribution >= 4 is 11.6 Å². The number of carbonyl (C=O) groups is 1. The molecule has 7 nitrogen and oxygen atoms in total. The minimum Gasteiger partial charge on any atom is -0.396 e. The molecular weight excluding hydrogens is 258 g/mol. The van der Waals surface area contributed by atoms with E-state index in [1.807, 2.05) is 13.0 Å². The maximum atomic E-state index is 12.7. The number of carbonyl (C=O) groups excluding carboxylic acids is 1. The molecule has 0 aromatic carbocycles. The first-order valence-corrected chi connectivity index (χ1v) is 6.59. The van der Waals surface area contributed by atoms with Crippen LogP contribution in [0.2, 0.25) is 0 Å². The topological polar surface area (TPSA) is 90.2 Å². The predicted octanol–water partition coefficient (Wildman–Crippen LogP) is 1.28. The van der Waals surface area contributed by atoms with Crippen LogP contribution in [0.15, 0.2) is 16.8 Å². The fourth-order valence-corrected chi connectivity index (χ4v) is 2.70. The Labute approximate surface area is 116 Å². The largest absolute Gasteiger partial charge is 0.396 e. The van der Waals surface area contributed by atoms with Crippen LogP contribution in [0.4, 0.5) is 5.69 Å². The average Bonchev–Trinajstić information content (AvgIpc) is 3.09. The van der Waals surface area contributed by atoms with Gasteiger partial charge in [-0.15, -0.1) is 0 Å². The zero-order valence-corrected chi connectivity index (χ0v) is 11.5. The summed E-state index contributed by atoms with van der Waals surface area (Å²) in [6.45, 7) is 2.56. The number of hydrogen-bond donors (Lipinski definition) is 1. The molecule has 3 heterocycles. The van der Waals surface area contributed by atoms with Gasteiger partial charge < -0.3 is 15.2 Å². The highest BCUT2D eigenvalue weighted by molar-refractivity contribution is 5.97. The zero-order valence-electron chi connectivity index (χ0n) is 11.5. The smallest absolute Gasteiger partial charge is 0.274 e. The molecule has 1 saturated heterocycles. The van der Waals surface area contributed by atoms with E-state index < -0.39 is 0 Å².